The first kappa shape index (κ1) is 21.4. The van der Waals surface area contributed by atoms with Gasteiger partial charge < -0.3 is 25.0 Å². The largest absolute Gasteiger partial charge is 0.493 e. The van der Waals surface area contributed by atoms with Crippen molar-refractivity contribution in [2.24, 2.45) is 0 Å². The summed E-state index contributed by atoms with van der Waals surface area (Å²) >= 11 is 0. The maximum atomic E-state index is 12.2. The Hall–Kier alpha value is -2.89. The standard InChI is InChI=1S/C22H31N3O3/c1-6-25(7-2)18-9-10-19(17(4)15-18)24-22(26)23-12-13-28-20-11-8-16(3)14-21(20)27-5/h8-11,14-15H,6-7,12-13H2,1-5H3,(H2,23,24,26). The molecule has 2 aromatic rings. The molecule has 0 bridgehead atoms. The second kappa shape index (κ2) is 10.4. The summed E-state index contributed by atoms with van der Waals surface area (Å²) in [6, 6.07) is 11.6. The Balaban J connectivity index is 1.83. The number of ether oxygens (including phenoxy) is 2. The number of benzene rings is 2. The van der Waals surface area contributed by atoms with Gasteiger partial charge in [0.15, 0.2) is 11.5 Å². The second-order valence-electron chi connectivity index (χ2n) is 6.56. The lowest BCUT2D eigenvalue weighted by atomic mass is 10.1. The summed E-state index contributed by atoms with van der Waals surface area (Å²) in [7, 11) is 1.61. The van der Waals surface area contributed by atoms with Gasteiger partial charge in [0.1, 0.15) is 6.61 Å². The van der Waals surface area contributed by atoms with Crippen molar-refractivity contribution in [1.29, 1.82) is 0 Å². The van der Waals surface area contributed by atoms with E-state index in [4.69, 9.17) is 9.47 Å². The third-order valence-corrected chi connectivity index (χ3v) is 4.55. The lowest BCUT2D eigenvalue weighted by Gasteiger charge is -2.22. The Labute approximate surface area is 167 Å². The summed E-state index contributed by atoms with van der Waals surface area (Å²) in [6.07, 6.45) is 0. The highest BCUT2D eigenvalue weighted by atomic mass is 16.5. The zero-order chi connectivity index (χ0) is 20.5. The zero-order valence-electron chi connectivity index (χ0n) is 17.5. The number of nitrogens with one attached hydrogen (secondary N) is 2. The summed E-state index contributed by atoms with van der Waals surface area (Å²) in [5, 5.41) is 5.70. The minimum Gasteiger partial charge on any atom is -0.493 e. The van der Waals surface area contributed by atoms with Gasteiger partial charge in [0.05, 0.1) is 13.7 Å². The van der Waals surface area contributed by atoms with Gasteiger partial charge in [-0.2, -0.15) is 0 Å². The van der Waals surface area contributed by atoms with Gasteiger partial charge in [-0.05, 0) is 69.2 Å². The van der Waals surface area contributed by atoms with Crippen molar-refractivity contribution in [1.82, 2.24) is 5.32 Å². The van der Waals surface area contributed by atoms with Crippen LogP contribution in [0.1, 0.15) is 25.0 Å². The first-order valence-electron chi connectivity index (χ1n) is 9.66. The Bertz CT molecular complexity index is 789. The van der Waals surface area contributed by atoms with Crippen molar-refractivity contribution in [2.45, 2.75) is 27.7 Å². The molecule has 0 atom stereocenters. The first-order chi connectivity index (χ1) is 13.5. The normalized spacial score (nSPS) is 10.3. The summed E-state index contributed by atoms with van der Waals surface area (Å²) < 4.78 is 11.0. The third kappa shape index (κ3) is 5.81. The Morgan fingerprint density at radius 1 is 1.04 bits per heavy atom. The van der Waals surface area contributed by atoms with E-state index < -0.39 is 0 Å². The molecule has 0 spiro atoms. The van der Waals surface area contributed by atoms with Crippen molar-refractivity contribution in [3.05, 3.63) is 47.5 Å². The molecule has 0 aliphatic rings. The van der Waals surface area contributed by atoms with Crippen LogP contribution in [0.4, 0.5) is 16.2 Å². The molecule has 6 nitrogen and oxygen atoms in total. The molecule has 28 heavy (non-hydrogen) atoms. The summed E-state index contributed by atoms with van der Waals surface area (Å²) in [4.78, 5) is 14.4. The quantitative estimate of drug-likeness (QED) is 0.630. The van der Waals surface area contributed by atoms with Crippen LogP contribution in [0.25, 0.3) is 0 Å². The number of methoxy groups -OCH3 is 1. The Morgan fingerprint density at radius 2 is 1.79 bits per heavy atom. The average Bonchev–Trinajstić information content (AvgIpc) is 2.69. The zero-order valence-corrected chi connectivity index (χ0v) is 17.5. The van der Waals surface area contributed by atoms with Crippen LogP contribution in [0.2, 0.25) is 0 Å². The number of rotatable bonds is 9. The van der Waals surface area contributed by atoms with E-state index in [1.807, 2.05) is 44.2 Å². The summed E-state index contributed by atoms with van der Waals surface area (Å²) in [6.45, 7) is 10.9. The number of amides is 2. The van der Waals surface area contributed by atoms with Gasteiger partial charge in [-0.3, -0.25) is 0 Å². The fourth-order valence-corrected chi connectivity index (χ4v) is 2.96. The highest BCUT2D eigenvalue weighted by Gasteiger charge is 2.08. The van der Waals surface area contributed by atoms with E-state index in [0.29, 0.717) is 24.7 Å². The van der Waals surface area contributed by atoms with Crippen molar-refractivity contribution < 1.29 is 14.3 Å². The molecule has 0 heterocycles. The van der Waals surface area contributed by atoms with E-state index in [0.717, 1.165) is 35.6 Å². The predicted octanol–water partition coefficient (Wildman–Crippen LogP) is 4.36. The molecule has 2 rings (SSSR count). The fourth-order valence-electron chi connectivity index (χ4n) is 2.96. The van der Waals surface area contributed by atoms with Crippen molar-refractivity contribution >= 4 is 17.4 Å². The van der Waals surface area contributed by atoms with E-state index in [1.165, 1.54) is 0 Å². The molecule has 0 fully saturated rings. The molecule has 0 aliphatic heterocycles. The van der Waals surface area contributed by atoms with Crippen LogP contribution in [-0.2, 0) is 0 Å². The number of nitrogens with zero attached hydrogens (tertiary/aromatic N) is 1. The Morgan fingerprint density at radius 3 is 2.43 bits per heavy atom. The van der Waals surface area contributed by atoms with E-state index in [-0.39, 0.29) is 6.03 Å². The van der Waals surface area contributed by atoms with Crippen LogP contribution in [0.15, 0.2) is 36.4 Å². The highest BCUT2D eigenvalue weighted by Crippen LogP contribution is 2.27. The molecular formula is C22H31N3O3. The number of urea groups is 1. The molecular weight excluding hydrogens is 354 g/mol. The van der Waals surface area contributed by atoms with Crippen molar-refractivity contribution in [2.75, 3.05) is 43.6 Å². The van der Waals surface area contributed by atoms with Crippen LogP contribution in [0.5, 0.6) is 11.5 Å². The molecule has 0 aliphatic carbocycles. The topological polar surface area (TPSA) is 62.8 Å². The van der Waals surface area contributed by atoms with Gasteiger partial charge in [-0.15, -0.1) is 0 Å². The van der Waals surface area contributed by atoms with Gasteiger partial charge in [0, 0.05) is 24.5 Å². The molecule has 2 N–H and O–H groups in total. The maximum Gasteiger partial charge on any atom is 0.319 e. The number of anilines is 2. The fraction of sp³-hybridized carbons (Fsp3) is 0.409. The summed E-state index contributed by atoms with van der Waals surface area (Å²) in [5.41, 5.74) is 4.09. The summed E-state index contributed by atoms with van der Waals surface area (Å²) in [5.74, 6) is 1.35. The number of carbonyl (C=O) groups is 1. The van der Waals surface area contributed by atoms with Crippen LogP contribution in [0.3, 0.4) is 0 Å². The number of carbonyl (C=O) groups excluding carboxylic acids is 1. The lowest BCUT2D eigenvalue weighted by molar-refractivity contribution is 0.246. The molecule has 2 aromatic carbocycles. The smallest absolute Gasteiger partial charge is 0.319 e. The Kier molecular flexibility index (Phi) is 7.99. The monoisotopic (exact) mass is 385 g/mol. The minimum atomic E-state index is -0.252. The molecule has 0 aromatic heterocycles. The van der Waals surface area contributed by atoms with Crippen molar-refractivity contribution in [3.63, 3.8) is 0 Å². The van der Waals surface area contributed by atoms with Gasteiger partial charge >= 0.3 is 6.03 Å². The van der Waals surface area contributed by atoms with Crippen LogP contribution < -0.4 is 25.0 Å². The average molecular weight is 386 g/mol. The first-order valence-corrected chi connectivity index (χ1v) is 9.66. The molecule has 6 heteroatoms. The molecule has 0 saturated carbocycles. The minimum absolute atomic E-state index is 0.252. The van der Waals surface area contributed by atoms with Crippen LogP contribution in [0, 0.1) is 13.8 Å². The van der Waals surface area contributed by atoms with Gasteiger partial charge in [-0.25, -0.2) is 4.79 Å². The molecule has 0 radical (unpaired) electrons. The van der Waals surface area contributed by atoms with Crippen molar-refractivity contribution in [3.8, 4) is 11.5 Å². The molecule has 2 amide bonds. The van der Waals surface area contributed by atoms with E-state index >= 15 is 0 Å². The predicted molar refractivity (Wildman–Crippen MR) is 115 cm³/mol. The van der Waals surface area contributed by atoms with Gasteiger partial charge in [0.2, 0.25) is 0 Å². The van der Waals surface area contributed by atoms with Gasteiger partial charge in [-0.1, -0.05) is 6.07 Å². The van der Waals surface area contributed by atoms with E-state index in [9.17, 15) is 4.79 Å². The molecule has 0 unspecified atom stereocenters. The van der Waals surface area contributed by atoms with E-state index in [2.05, 4.69) is 35.4 Å². The highest BCUT2D eigenvalue weighted by molar-refractivity contribution is 5.90. The van der Waals surface area contributed by atoms with Crippen LogP contribution >= 0.6 is 0 Å². The third-order valence-electron chi connectivity index (χ3n) is 4.55. The number of hydrogen-bond donors (Lipinski definition) is 2. The second-order valence-corrected chi connectivity index (χ2v) is 6.56. The molecule has 0 saturated heterocycles. The lowest BCUT2D eigenvalue weighted by Crippen LogP contribution is -2.32. The van der Waals surface area contributed by atoms with Crippen LogP contribution in [-0.4, -0.2) is 39.4 Å². The van der Waals surface area contributed by atoms with E-state index in [1.54, 1.807) is 7.11 Å². The maximum absolute atomic E-state index is 12.2. The number of aryl methyl sites for hydroxylation is 2. The van der Waals surface area contributed by atoms with Gasteiger partial charge in [0.25, 0.3) is 0 Å². The number of hydrogen-bond acceptors (Lipinski definition) is 4. The SMILES string of the molecule is CCN(CC)c1ccc(NC(=O)NCCOc2ccc(C)cc2OC)c(C)c1. The molecule has 152 valence electrons.